The zero-order valence-corrected chi connectivity index (χ0v) is 14.0. The van der Waals surface area contributed by atoms with Crippen molar-refractivity contribution in [2.45, 2.75) is 12.5 Å². The summed E-state index contributed by atoms with van der Waals surface area (Å²) in [6.45, 7) is 0.275. The molecule has 1 aliphatic carbocycles. The average Bonchev–Trinajstić information content (AvgIpc) is 3.07. The molecule has 8 nitrogen and oxygen atoms in total. The number of rotatable bonds is 5. The fourth-order valence-electron chi connectivity index (χ4n) is 3.50. The van der Waals surface area contributed by atoms with Gasteiger partial charge in [0.05, 0.1) is 18.5 Å². The highest BCUT2D eigenvalue weighted by atomic mass is 16.5. The molecular weight excluding hydrogens is 334 g/mol. The fraction of sp³-hybridized carbons (Fsp3) is 0.333. The van der Waals surface area contributed by atoms with Gasteiger partial charge in [-0.3, -0.25) is 0 Å². The summed E-state index contributed by atoms with van der Waals surface area (Å²) in [5.74, 6) is 0.0234. The maximum atomic E-state index is 12.2. The van der Waals surface area contributed by atoms with Crippen molar-refractivity contribution in [1.29, 1.82) is 0 Å². The molecular formula is C18H19N5O3. The number of nitrogens with zero attached hydrogens (tertiary/aromatic N) is 4. The molecule has 2 heterocycles. The monoisotopic (exact) mass is 353 g/mol. The van der Waals surface area contributed by atoms with Crippen LogP contribution in [0.5, 0.6) is 0 Å². The van der Waals surface area contributed by atoms with E-state index in [9.17, 15) is 9.90 Å². The van der Waals surface area contributed by atoms with Gasteiger partial charge in [0, 0.05) is 18.6 Å². The van der Waals surface area contributed by atoms with Crippen LogP contribution in [0.1, 0.15) is 22.8 Å². The number of aliphatic hydroxyl groups excluding tert-OH is 1. The molecule has 0 bridgehead atoms. The van der Waals surface area contributed by atoms with Gasteiger partial charge in [0.1, 0.15) is 11.8 Å². The van der Waals surface area contributed by atoms with Crippen molar-refractivity contribution >= 4 is 23.0 Å². The van der Waals surface area contributed by atoms with Crippen LogP contribution >= 0.6 is 0 Å². The van der Waals surface area contributed by atoms with Crippen molar-refractivity contribution in [2.75, 3.05) is 18.9 Å². The Morgan fingerprint density at radius 3 is 2.85 bits per heavy atom. The number of imidazole rings is 1. The van der Waals surface area contributed by atoms with Gasteiger partial charge in [-0.05, 0) is 24.5 Å². The molecule has 0 unspecified atom stereocenters. The lowest BCUT2D eigenvalue weighted by Crippen LogP contribution is -2.43. The van der Waals surface area contributed by atoms with Crippen LogP contribution in [0, 0.1) is 11.8 Å². The van der Waals surface area contributed by atoms with Crippen molar-refractivity contribution in [1.82, 2.24) is 19.5 Å². The van der Waals surface area contributed by atoms with Gasteiger partial charge in [0.15, 0.2) is 11.5 Å². The Bertz CT molecular complexity index is 927. The quantitative estimate of drug-likeness (QED) is 0.667. The largest absolute Gasteiger partial charge is 0.462 e. The highest BCUT2D eigenvalue weighted by molar-refractivity contribution is 5.89. The lowest BCUT2D eigenvalue weighted by Gasteiger charge is -2.44. The molecule has 2 aromatic heterocycles. The molecule has 3 N–H and O–H groups in total. The zero-order valence-electron chi connectivity index (χ0n) is 14.0. The predicted octanol–water partition coefficient (Wildman–Crippen LogP) is 1.43. The highest BCUT2D eigenvalue weighted by Gasteiger charge is 2.43. The number of aliphatic hydroxyl groups is 1. The van der Waals surface area contributed by atoms with Crippen LogP contribution in [0.25, 0.3) is 11.2 Å². The van der Waals surface area contributed by atoms with E-state index in [0.717, 1.165) is 6.42 Å². The minimum Gasteiger partial charge on any atom is -0.462 e. The number of nitrogens with two attached hydrogens (primary N) is 1. The minimum absolute atomic E-state index is 0.0127. The number of fused-ring (bicyclic) bond motifs is 1. The number of anilines is 1. The van der Waals surface area contributed by atoms with Crippen LogP contribution < -0.4 is 5.73 Å². The van der Waals surface area contributed by atoms with Crippen molar-refractivity contribution in [3.05, 3.63) is 48.5 Å². The Morgan fingerprint density at radius 1 is 1.27 bits per heavy atom. The molecule has 1 aromatic carbocycles. The molecule has 134 valence electrons. The summed E-state index contributed by atoms with van der Waals surface area (Å²) in [4.78, 5) is 24.7. The van der Waals surface area contributed by atoms with Crippen molar-refractivity contribution in [3.8, 4) is 0 Å². The number of aromatic nitrogens is 4. The second-order valence-electron chi connectivity index (χ2n) is 6.46. The van der Waals surface area contributed by atoms with E-state index in [1.807, 2.05) is 10.6 Å². The third-order valence-corrected chi connectivity index (χ3v) is 5.04. The number of nitrogen functional groups attached to an aromatic ring is 1. The van der Waals surface area contributed by atoms with Crippen LogP contribution in [0.4, 0.5) is 5.82 Å². The number of esters is 1. The second kappa shape index (κ2) is 6.72. The second-order valence-corrected chi connectivity index (χ2v) is 6.46. The third kappa shape index (κ3) is 2.78. The first-order valence-corrected chi connectivity index (χ1v) is 8.45. The Kier molecular flexibility index (Phi) is 4.26. The molecule has 0 amide bonds. The van der Waals surface area contributed by atoms with Crippen LogP contribution in [0.3, 0.4) is 0 Å². The number of hydrogen-bond acceptors (Lipinski definition) is 7. The molecule has 0 radical (unpaired) electrons. The van der Waals surface area contributed by atoms with Gasteiger partial charge in [-0.15, -0.1) is 0 Å². The summed E-state index contributed by atoms with van der Waals surface area (Å²) in [5.41, 5.74) is 7.56. The van der Waals surface area contributed by atoms with Crippen molar-refractivity contribution in [3.63, 3.8) is 0 Å². The van der Waals surface area contributed by atoms with Crippen LogP contribution in [0.2, 0.25) is 0 Å². The number of carbonyl (C=O) groups is 1. The first-order chi connectivity index (χ1) is 12.7. The van der Waals surface area contributed by atoms with Crippen LogP contribution in [-0.4, -0.2) is 43.8 Å². The number of benzene rings is 1. The van der Waals surface area contributed by atoms with E-state index in [4.69, 9.17) is 10.5 Å². The molecule has 0 aliphatic heterocycles. The summed E-state index contributed by atoms with van der Waals surface area (Å²) < 4.78 is 7.42. The summed E-state index contributed by atoms with van der Waals surface area (Å²) >= 11 is 0. The van der Waals surface area contributed by atoms with Crippen LogP contribution in [-0.2, 0) is 4.74 Å². The molecule has 26 heavy (non-hydrogen) atoms. The summed E-state index contributed by atoms with van der Waals surface area (Å²) in [5, 5.41) is 9.60. The van der Waals surface area contributed by atoms with Crippen molar-refractivity contribution < 1.29 is 14.6 Å². The topological polar surface area (TPSA) is 116 Å². The molecule has 1 saturated carbocycles. The van der Waals surface area contributed by atoms with Gasteiger partial charge in [0.2, 0.25) is 0 Å². The van der Waals surface area contributed by atoms with E-state index >= 15 is 0 Å². The SMILES string of the molecule is Nc1ncnc2c1ncn2[C@@H]1C[C@H](CO)[C@H]1COC(=O)c1ccccc1. The Morgan fingerprint density at radius 2 is 2.08 bits per heavy atom. The van der Waals surface area contributed by atoms with E-state index in [0.29, 0.717) is 22.5 Å². The smallest absolute Gasteiger partial charge is 0.338 e. The lowest BCUT2D eigenvalue weighted by atomic mass is 9.70. The first kappa shape index (κ1) is 16.5. The summed E-state index contributed by atoms with van der Waals surface area (Å²) in [7, 11) is 0. The Balaban J connectivity index is 1.52. The Hall–Kier alpha value is -3.00. The van der Waals surface area contributed by atoms with Gasteiger partial charge in [0.25, 0.3) is 0 Å². The third-order valence-electron chi connectivity index (χ3n) is 5.04. The molecule has 4 rings (SSSR count). The molecule has 0 saturated heterocycles. The maximum Gasteiger partial charge on any atom is 0.338 e. The zero-order chi connectivity index (χ0) is 18.1. The van der Waals surface area contributed by atoms with Crippen molar-refractivity contribution in [2.24, 2.45) is 11.8 Å². The van der Waals surface area contributed by atoms with Gasteiger partial charge >= 0.3 is 5.97 Å². The predicted molar refractivity (Wildman–Crippen MR) is 94.2 cm³/mol. The molecule has 1 aliphatic rings. The van der Waals surface area contributed by atoms with Gasteiger partial charge in [-0.25, -0.2) is 19.7 Å². The van der Waals surface area contributed by atoms with Gasteiger partial charge < -0.3 is 20.1 Å². The molecule has 3 atom stereocenters. The van der Waals surface area contributed by atoms with Gasteiger partial charge in [-0.2, -0.15) is 0 Å². The van der Waals surface area contributed by atoms with E-state index < -0.39 is 0 Å². The van der Waals surface area contributed by atoms with Gasteiger partial charge in [-0.1, -0.05) is 18.2 Å². The number of hydrogen-bond donors (Lipinski definition) is 2. The van der Waals surface area contributed by atoms with E-state index in [2.05, 4.69) is 15.0 Å². The molecule has 3 aromatic rings. The van der Waals surface area contributed by atoms with E-state index in [1.165, 1.54) is 6.33 Å². The summed E-state index contributed by atoms with van der Waals surface area (Å²) in [6, 6.07) is 8.90. The average molecular weight is 353 g/mol. The minimum atomic E-state index is -0.366. The molecule has 0 spiro atoms. The molecule has 1 fully saturated rings. The number of ether oxygens (including phenoxy) is 1. The standard InChI is InChI=1S/C18H19N5O3/c19-16-15-17(21-9-20-16)23(10-22-15)14-6-12(7-24)13(14)8-26-18(25)11-4-2-1-3-5-11/h1-5,9-10,12-14,24H,6-8H2,(H2,19,20,21)/t12-,13-,14-/m1/s1. The first-order valence-electron chi connectivity index (χ1n) is 8.45. The lowest BCUT2D eigenvalue weighted by molar-refractivity contribution is -0.0214. The van der Waals surface area contributed by atoms with Crippen LogP contribution in [0.15, 0.2) is 43.0 Å². The van der Waals surface area contributed by atoms with E-state index in [1.54, 1.807) is 30.6 Å². The Labute approximate surface area is 149 Å². The molecule has 8 heteroatoms. The maximum absolute atomic E-state index is 12.2. The summed E-state index contributed by atoms with van der Waals surface area (Å²) in [6.07, 6.45) is 3.85. The van der Waals surface area contributed by atoms with E-state index in [-0.39, 0.29) is 37.1 Å². The normalized spacial score (nSPS) is 22.1. The number of carbonyl (C=O) groups excluding carboxylic acids is 1. The highest BCUT2D eigenvalue weighted by Crippen LogP contribution is 2.45. The fourth-order valence-corrected chi connectivity index (χ4v) is 3.50.